The summed E-state index contributed by atoms with van der Waals surface area (Å²) in [5, 5.41) is 0.414. The Morgan fingerprint density at radius 1 is 1.19 bits per heavy atom. The number of halogens is 1. The average molecular weight is 375 g/mol. The number of alkyl halides is 1. The maximum absolute atomic E-state index is 14.6. The first-order valence-electron chi connectivity index (χ1n) is 9.35. The van der Waals surface area contributed by atoms with Gasteiger partial charge in [0.2, 0.25) is 0 Å². The summed E-state index contributed by atoms with van der Waals surface area (Å²) in [7, 11) is 0. The Balaban J connectivity index is 1.89. The first kappa shape index (κ1) is 18.0. The molecule has 1 aliphatic carbocycles. The van der Waals surface area contributed by atoms with Crippen molar-refractivity contribution in [2.24, 2.45) is 11.7 Å². The number of nitrogen functional groups attached to an aromatic ring is 1. The quantitative estimate of drug-likeness (QED) is 0.781. The molecule has 7 nitrogen and oxygen atoms in total. The Bertz CT molecular complexity index is 1030. The molecule has 8 heteroatoms. The summed E-state index contributed by atoms with van der Waals surface area (Å²) in [6, 6.07) is 3.57. The van der Waals surface area contributed by atoms with Gasteiger partial charge in [-0.3, -0.25) is 9.36 Å². The molecule has 1 aromatic heterocycles. The van der Waals surface area contributed by atoms with E-state index >= 15 is 0 Å². The van der Waals surface area contributed by atoms with Gasteiger partial charge in [0, 0.05) is 36.3 Å². The van der Waals surface area contributed by atoms with Crippen LogP contribution in [-0.2, 0) is 0 Å². The number of nitrogens with zero attached hydrogens (tertiary/aromatic N) is 3. The van der Waals surface area contributed by atoms with E-state index < -0.39 is 23.0 Å². The number of rotatable bonds is 3. The maximum atomic E-state index is 14.6. The van der Waals surface area contributed by atoms with Gasteiger partial charge in [-0.05, 0) is 51.3 Å². The van der Waals surface area contributed by atoms with Crippen LogP contribution < -0.4 is 27.7 Å². The van der Waals surface area contributed by atoms with Crippen LogP contribution >= 0.6 is 0 Å². The zero-order chi connectivity index (χ0) is 19.7. The van der Waals surface area contributed by atoms with E-state index in [0.717, 1.165) is 24.1 Å². The van der Waals surface area contributed by atoms with Gasteiger partial charge in [-0.1, -0.05) is 0 Å². The van der Waals surface area contributed by atoms with E-state index in [1.54, 1.807) is 10.6 Å². The predicted molar refractivity (Wildman–Crippen MR) is 104 cm³/mol. The van der Waals surface area contributed by atoms with Crippen LogP contribution in [-0.4, -0.2) is 34.0 Å². The fourth-order valence-corrected chi connectivity index (χ4v) is 4.28. The lowest BCUT2D eigenvalue weighted by Gasteiger charge is -2.28. The van der Waals surface area contributed by atoms with Crippen LogP contribution in [0.1, 0.15) is 38.3 Å². The highest BCUT2D eigenvalue weighted by Gasteiger charge is 2.41. The minimum absolute atomic E-state index is 0.0626. The van der Waals surface area contributed by atoms with Crippen LogP contribution in [0.25, 0.3) is 10.9 Å². The second-order valence-electron chi connectivity index (χ2n) is 8.51. The molecule has 146 valence electrons. The van der Waals surface area contributed by atoms with Gasteiger partial charge in [-0.25, -0.2) is 9.18 Å². The van der Waals surface area contributed by atoms with E-state index in [2.05, 4.69) is 0 Å². The maximum Gasteiger partial charge on any atom is 0.350 e. The van der Waals surface area contributed by atoms with Crippen molar-refractivity contribution in [2.75, 3.05) is 23.8 Å². The molecule has 2 aliphatic rings. The minimum Gasteiger partial charge on any atom is -0.368 e. The van der Waals surface area contributed by atoms with Crippen molar-refractivity contribution in [3.63, 3.8) is 0 Å². The van der Waals surface area contributed by atoms with Crippen LogP contribution in [0.5, 0.6) is 0 Å². The van der Waals surface area contributed by atoms with Crippen molar-refractivity contribution >= 4 is 16.6 Å². The van der Waals surface area contributed by atoms with Crippen molar-refractivity contribution < 1.29 is 4.39 Å². The summed E-state index contributed by atoms with van der Waals surface area (Å²) in [4.78, 5) is 27.1. The Morgan fingerprint density at radius 3 is 2.41 bits per heavy atom. The fourth-order valence-electron chi connectivity index (χ4n) is 4.28. The zero-order valence-corrected chi connectivity index (χ0v) is 15.9. The van der Waals surface area contributed by atoms with E-state index in [9.17, 15) is 14.0 Å². The molecule has 1 saturated heterocycles. The summed E-state index contributed by atoms with van der Waals surface area (Å²) < 4.78 is 16.9. The molecule has 0 bridgehead atoms. The summed E-state index contributed by atoms with van der Waals surface area (Å²) in [5.41, 5.74) is 6.77. The van der Waals surface area contributed by atoms with E-state index in [1.807, 2.05) is 31.7 Å². The number of nitrogens with two attached hydrogens (primary N) is 2. The van der Waals surface area contributed by atoms with Crippen LogP contribution in [0.15, 0.2) is 21.7 Å². The predicted octanol–water partition coefficient (Wildman–Crippen LogP) is 1.03. The molecule has 2 heterocycles. The highest BCUT2D eigenvalue weighted by Crippen LogP contribution is 2.39. The van der Waals surface area contributed by atoms with Crippen molar-refractivity contribution in [2.45, 2.75) is 51.4 Å². The van der Waals surface area contributed by atoms with E-state index in [-0.39, 0.29) is 18.5 Å². The summed E-state index contributed by atoms with van der Waals surface area (Å²) in [5.74, 6) is 5.42. The Labute approximate surface area is 156 Å². The zero-order valence-electron chi connectivity index (χ0n) is 15.9. The van der Waals surface area contributed by atoms with Gasteiger partial charge >= 0.3 is 5.69 Å². The second-order valence-corrected chi connectivity index (χ2v) is 8.51. The Kier molecular flexibility index (Phi) is 3.89. The SMILES string of the molecule is Cc1c(N2C[C@H](F)[C@@H](C(C)(C)N)C2)ccc2c(=O)n(N)c(=O)n(C3CC3)c12. The van der Waals surface area contributed by atoms with Crippen LogP contribution in [0.4, 0.5) is 10.1 Å². The molecule has 2 fully saturated rings. The molecule has 0 unspecified atom stereocenters. The summed E-state index contributed by atoms with van der Waals surface area (Å²) in [6.45, 7) is 6.31. The number of aryl methyl sites for hydroxylation is 1. The third-order valence-electron chi connectivity index (χ3n) is 5.96. The molecule has 4 N–H and O–H groups in total. The first-order chi connectivity index (χ1) is 12.6. The second kappa shape index (κ2) is 5.82. The lowest BCUT2D eigenvalue weighted by molar-refractivity contribution is 0.208. The molecule has 0 radical (unpaired) electrons. The van der Waals surface area contributed by atoms with Crippen LogP contribution in [0.3, 0.4) is 0 Å². The molecular weight excluding hydrogens is 349 g/mol. The van der Waals surface area contributed by atoms with Crippen molar-refractivity contribution in [3.05, 3.63) is 38.5 Å². The molecular formula is C19H26FN5O2. The molecule has 27 heavy (non-hydrogen) atoms. The van der Waals surface area contributed by atoms with Gasteiger partial charge in [-0.15, -0.1) is 0 Å². The average Bonchev–Trinajstić information content (AvgIpc) is 3.34. The standard InChI is InChI=1S/C19H26FN5O2/c1-10-15(23-8-13(14(20)9-23)19(2,3)21)7-6-12-16(10)24(11-4-5-11)18(27)25(22)17(12)26/h6-7,11,13-14H,4-5,8-9,21-22H2,1-3H3/t13-,14-/m0/s1. The first-order valence-corrected chi connectivity index (χ1v) is 9.35. The smallest absolute Gasteiger partial charge is 0.350 e. The molecule has 0 amide bonds. The van der Waals surface area contributed by atoms with Crippen molar-refractivity contribution in [1.29, 1.82) is 0 Å². The van der Waals surface area contributed by atoms with Gasteiger partial charge < -0.3 is 16.5 Å². The summed E-state index contributed by atoms with van der Waals surface area (Å²) >= 11 is 0. The van der Waals surface area contributed by atoms with Gasteiger partial charge in [0.15, 0.2) is 0 Å². The number of aromatic nitrogens is 2. The highest BCUT2D eigenvalue weighted by molar-refractivity contribution is 5.87. The summed E-state index contributed by atoms with van der Waals surface area (Å²) in [6.07, 6.45) is 0.746. The molecule has 0 spiro atoms. The molecule has 2 aromatic rings. The van der Waals surface area contributed by atoms with E-state index in [0.29, 0.717) is 22.1 Å². The third-order valence-corrected chi connectivity index (χ3v) is 5.96. The highest BCUT2D eigenvalue weighted by atomic mass is 19.1. The van der Waals surface area contributed by atoms with Crippen molar-refractivity contribution in [3.8, 4) is 0 Å². The van der Waals surface area contributed by atoms with Crippen molar-refractivity contribution in [1.82, 2.24) is 9.24 Å². The molecule has 2 atom stereocenters. The monoisotopic (exact) mass is 375 g/mol. The number of fused-ring (bicyclic) bond motifs is 1. The van der Waals surface area contributed by atoms with Crippen LogP contribution in [0, 0.1) is 12.8 Å². The van der Waals surface area contributed by atoms with Gasteiger partial charge in [0.25, 0.3) is 5.56 Å². The van der Waals surface area contributed by atoms with Gasteiger partial charge in [-0.2, -0.15) is 4.68 Å². The fraction of sp³-hybridized carbons (Fsp3) is 0.579. The number of hydrogen-bond acceptors (Lipinski definition) is 5. The number of benzene rings is 1. The number of anilines is 1. The largest absolute Gasteiger partial charge is 0.368 e. The van der Waals surface area contributed by atoms with E-state index in [1.165, 1.54) is 0 Å². The topological polar surface area (TPSA) is 99.3 Å². The van der Waals surface area contributed by atoms with Crippen LogP contribution in [0.2, 0.25) is 0 Å². The Hall–Kier alpha value is -2.35. The van der Waals surface area contributed by atoms with Gasteiger partial charge in [0.05, 0.1) is 10.9 Å². The van der Waals surface area contributed by atoms with Gasteiger partial charge in [0.1, 0.15) is 6.17 Å². The van der Waals surface area contributed by atoms with E-state index in [4.69, 9.17) is 11.6 Å². The molecule has 4 rings (SSSR count). The Morgan fingerprint density at radius 2 is 1.85 bits per heavy atom. The molecule has 1 aromatic carbocycles. The third kappa shape index (κ3) is 2.74. The lowest BCUT2D eigenvalue weighted by Crippen LogP contribution is -2.45. The molecule has 1 aliphatic heterocycles. The number of hydrogen-bond donors (Lipinski definition) is 2. The lowest BCUT2D eigenvalue weighted by atomic mass is 9.87. The molecule has 1 saturated carbocycles. The normalized spacial score (nSPS) is 23.4. The minimum atomic E-state index is -1.03.